The molecule has 5 rings (SSSR count). The number of amides is 3. The Morgan fingerprint density at radius 2 is 1.76 bits per heavy atom. The van der Waals surface area contributed by atoms with E-state index in [-0.39, 0.29) is 29.4 Å². The third kappa shape index (κ3) is 5.62. The number of fused-ring (bicyclic) bond motifs is 1. The van der Waals surface area contributed by atoms with Crippen LogP contribution in [0, 0.1) is 11.8 Å². The lowest BCUT2D eigenvalue weighted by Crippen LogP contribution is -2.45. The molecule has 3 aromatic rings. The predicted molar refractivity (Wildman–Crippen MR) is 139 cm³/mol. The van der Waals surface area contributed by atoms with Crippen LogP contribution >= 0.6 is 11.6 Å². The summed E-state index contributed by atoms with van der Waals surface area (Å²) in [6, 6.07) is 10.3. The second-order valence-electron chi connectivity index (χ2n) is 9.74. The van der Waals surface area contributed by atoms with Crippen LogP contribution in [0.15, 0.2) is 47.0 Å². The number of hydrogen-bond donors (Lipinski definition) is 3. The number of nitrogens with one attached hydrogen (secondary N) is 2. The molecule has 2 fully saturated rings. The molecule has 3 N–H and O–H groups in total. The van der Waals surface area contributed by atoms with Gasteiger partial charge in [-0.3, -0.25) is 14.4 Å². The Labute approximate surface area is 219 Å². The minimum absolute atomic E-state index is 0.0150. The summed E-state index contributed by atoms with van der Waals surface area (Å²) >= 11 is 5.87. The van der Waals surface area contributed by atoms with Gasteiger partial charge in [-0.05, 0) is 62.8 Å². The number of hydrogen-bond acceptors (Lipinski definition) is 6. The van der Waals surface area contributed by atoms with E-state index >= 15 is 0 Å². The Morgan fingerprint density at radius 3 is 2.49 bits per heavy atom. The number of rotatable bonds is 5. The second-order valence-corrected chi connectivity index (χ2v) is 10.2. The van der Waals surface area contributed by atoms with Crippen LogP contribution in [-0.4, -0.2) is 51.9 Å². The first-order chi connectivity index (χ1) is 17.9. The first-order valence-electron chi connectivity index (χ1n) is 12.6. The summed E-state index contributed by atoms with van der Waals surface area (Å²) in [6.45, 7) is 1.07. The lowest BCUT2D eigenvalue weighted by atomic mass is 9.80. The van der Waals surface area contributed by atoms with Gasteiger partial charge in [0.05, 0.1) is 11.1 Å². The molecular weight excluding hydrogens is 496 g/mol. The highest BCUT2D eigenvalue weighted by Crippen LogP contribution is 2.35. The lowest BCUT2D eigenvalue weighted by molar-refractivity contribution is -0.140. The van der Waals surface area contributed by atoms with E-state index in [9.17, 15) is 19.5 Å². The summed E-state index contributed by atoms with van der Waals surface area (Å²) in [5.41, 5.74) is 0.789. The van der Waals surface area contributed by atoms with Crippen molar-refractivity contribution in [2.24, 2.45) is 11.8 Å². The van der Waals surface area contributed by atoms with Gasteiger partial charge in [0.25, 0.3) is 5.91 Å². The topological polar surface area (TPSA) is 125 Å². The van der Waals surface area contributed by atoms with Crippen molar-refractivity contribution in [3.63, 3.8) is 0 Å². The zero-order chi connectivity index (χ0) is 25.9. The number of pyridine rings is 1. The van der Waals surface area contributed by atoms with E-state index in [0.29, 0.717) is 66.3 Å². The number of aromatic nitrogens is 1. The fourth-order valence-electron chi connectivity index (χ4n) is 5.19. The second kappa shape index (κ2) is 10.9. The number of carbonyl (C=O) groups excluding carboxylic acids is 3. The van der Waals surface area contributed by atoms with E-state index in [2.05, 4.69) is 15.6 Å². The molecule has 0 spiro atoms. The first kappa shape index (κ1) is 25.2. The average Bonchev–Trinajstić information content (AvgIpc) is 3.28. The normalized spacial score (nSPS) is 22.0. The van der Waals surface area contributed by atoms with Gasteiger partial charge in [0.2, 0.25) is 17.6 Å². The van der Waals surface area contributed by atoms with E-state index in [1.54, 1.807) is 35.2 Å². The summed E-state index contributed by atoms with van der Waals surface area (Å²) in [7, 11) is 0. The molecule has 3 amide bonds. The Morgan fingerprint density at radius 1 is 1.00 bits per heavy atom. The van der Waals surface area contributed by atoms with Gasteiger partial charge in [0.1, 0.15) is 17.1 Å². The molecule has 3 heterocycles. The van der Waals surface area contributed by atoms with E-state index in [0.717, 1.165) is 12.8 Å². The summed E-state index contributed by atoms with van der Waals surface area (Å²) < 4.78 is 5.82. The van der Waals surface area contributed by atoms with Crippen molar-refractivity contribution in [3.05, 3.63) is 53.4 Å². The van der Waals surface area contributed by atoms with Crippen LogP contribution in [0.3, 0.4) is 0 Å². The molecule has 1 atom stereocenters. The van der Waals surface area contributed by atoms with E-state index in [1.807, 2.05) is 6.07 Å². The molecule has 2 aliphatic rings. The molecule has 9 nitrogen and oxygen atoms in total. The maximum atomic E-state index is 13.3. The number of β-amino-alcohol motifs (C(OH)–C–C–N with tert-alkyl or cyclic N) is 1. The number of aliphatic hydroxyl groups excluding tert-OH is 1. The number of carbonyl (C=O) groups is 3. The molecule has 0 bridgehead atoms. The first-order valence-corrected chi connectivity index (χ1v) is 13.0. The highest BCUT2D eigenvalue weighted by atomic mass is 35.5. The molecule has 10 heteroatoms. The molecule has 194 valence electrons. The monoisotopic (exact) mass is 524 g/mol. The molecule has 1 unspecified atom stereocenters. The number of piperidine rings is 1. The number of nitrogens with zero attached hydrogens (tertiary/aromatic N) is 2. The third-order valence-electron chi connectivity index (χ3n) is 7.17. The van der Waals surface area contributed by atoms with E-state index in [4.69, 9.17) is 16.0 Å². The van der Waals surface area contributed by atoms with Crippen molar-refractivity contribution in [1.29, 1.82) is 0 Å². The minimum Gasteiger partial charge on any atom is -0.449 e. The zero-order valence-corrected chi connectivity index (χ0v) is 21.0. The summed E-state index contributed by atoms with van der Waals surface area (Å²) in [5, 5.41) is 16.6. The van der Waals surface area contributed by atoms with Gasteiger partial charge in [0.15, 0.2) is 0 Å². The van der Waals surface area contributed by atoms with Gasteiger partial charge in [-0.15, -0.1) is 0 Å². The number of anilines is 2. The maximum Gasteiger partial charge on any atom is 0.294 e. The Kier molecular flexibility index (Phi) is 7.43. The number of furan rings is 1. The smallest absolute Gasteiger partial charge is 0.294 e. The summed E-state index contributed by atoms with van der Waals surface area (Å²) in [5.74, 6) is -0.789. The van der Waals surface area contributed by atoms with Crippen LogP contribution in [0.4, 0.5) is 11.5 Å². The summed E-state index contributed by atoms with van der Waals surface area (Å²) in [4.78, 5) is 45.1. The van der Waals surface area contributed by atoms with Crippen molar-refractivity contribution in [2.45, 2.75) is 44.6 Å². The zero-order valence-electron chi connectivity index (χ0n) is 20.3. The predicted octanol–water partition coefficient (Wildman–Crippen LogP) is 4.46. The fourth-order valence-corrected chi connectivity index (χ4v) is 5.31. The van der Waals surface area contributed by atoms with Crippen LogP contribution in [0.2, 0.25) is 5.02 Å². The molecule has 1 saturated heterocycles. The lowest BCUT2D eigenvalue weighted by Gasteiger charge is -2.35. The molecule has 1 aliphatic carbocycles. The molecule has 1 saturated carbocycles. The van der Waals surface area contributed by atoms with Crippen LogP contribution < -0.4 is 10.6 Å². The van der Waals surface area contributed by atoms with Crippen molar-refractivity contribution in [3.8, 4) is 0 Å². The van der Waals surface area contributed by atoms with Gasteiger partial charge in [-0.1, -0.05) is 23.7 Å². The van der Waals surface area contributed by atoms with Crippen LogP contribution in [0.1, 0.15) is 49.1 Å². The molecule has 2 aromatic heterocycles. The largest absolute Gasteiger partial charge is 0.449 e. The van der Waals surface area contributed by atoms with Crippen molar-refractivity contribution in [2.75, 3.05) is 23.7 Å². The SMILES string of the molecule is O=C(Nc1ccc(Cl)cn1)c1oc2ccccc2c1NC(=O)[C@H]1CC[C@H](C(=O)N2CCCC(O)C2)CC1. The third-order valence-corrected chi connectivity index (χ3v) is 7.40. The molecule has 1 aromatic carbocycles. The fraction of sp³-hybridized carbons (Fsp3) is 0.407. The van der Waals surface area contributed by atoms with Crippen LogP contribution in [0.5, 0.6) is 0 Å². The van der Waals surface area contributed by atoms with Crippen molar-refractivity contribution < 1.29 is 23.9 Å². The van der Waals surface area contributed by atoms with Gasteiger partial charge in [-0.25, -0.2) is 4.98 Å². The molecule has 1 aliphatic heterocycles. The van der Waals surface area contributed by atoms with Gasteiger partial charge in [0, 0.05) is 36.5 Å². The van der Waals surface area contributed by atoms with Crippen molar-refractivity contribution in [1.82, 2.24) is 9.88 Å². The van der Waals surface area contributed by atoms with E-state index < -0.39 is 12.0 Å². The highest BCUT2D eigenvalue weighted by Gasteiger charge is 2.34. The Hall–Kier alpha value is -3.43. The average molecular weight is 525 g/mol. The molecule has 37 heavy (non-hydrogen) atoms. The van der Waals surface area contributed by atoms with E-state index in [1.165, 1.54) is 6.20 Å². The maximum absolute atomic E-state index is 13.3. The molecular formula is C27H29ClN4O5. The Balaban J connectivity index is 1.27. The molecule has 0 radical (unpaired) electrons. The van der Waals surface area contributed by atoms with Gasteiger partial charge < -0.3 is 25.1 Å². The van der Waals surface area contributed by atoms with Crippen LogP contribution in [-0.2, 0) is 9.59 Å². The number of para-hydroxylation sites is 1. The van der Waals surface area contributed by atoms with Gasteiger partial charge >= 0.3 is 0 Å². The van der Waals surface area contributed by atoms with Gasteiger partial charge in [-0.2, -0.15) is 0 Å². The standard InChI is InChI=1S/C27H29ClN4O5/c28-18-11-12-22(29-14-18)30-26(35)24-23(20-5-1-2-6-21(20)37-24)31-25(34)16-7-9-17(10-8-16)27(36)32-13-3-4-19(33)15-32/h1-2,5-6,11-12,14,16-17,19,33H,3-4,7-10,13,15H2,(H,31,34)(H,29,30,35)/t16-,17-,19?. The number of likely N-dealkylation sites (tertiary alicyclic amines) is 1. The number of aliphatic hydroxyl groups is 1. The number of halogens is 1. The minimum atomic E-state index is -0.542. The Bertz CT molecular complexity index is 1300. The quantitative estimate of drug-likeness (QED) is 0.452. The number of benzene rings is 1. The summed E-state index contributed by atoms with van der Waals surface area (Å²) in [6.07, 6.45) is 4.90. The van der Waals surface area contributed by atoms with Crippen LogP contribution in [0.25, 0.3) is 11.0 Å². The van der Waals surface area contributed by atoms with Crippen molar-refractivity contribution >= 4 is 51.8 Å². The highest BCUT2D eigenvalue weighted by molar-refractivity contribution is 6.30.